The van der Waals surface area contributed by atoms with E-state index in [2.05, 4.69) is 0 Å². The molecule has 0 radical (unpaired) electrons. The summed E-state index contributed by atoms with van der Waals surface area (Å²) in [5.41, 5.74) is 9.41. The lowest BCUT2D eigenvalue weighted by molar-refractivity contribution is 0.586. The van der Waals surface area contributed by atoms with Crippen molar-refractivity contribution in [1.29, 1.82) is 0 Å². The first-order chi connectivity index (χ1) is 10.6. The Bertz CT molecular complexity index is 763. The number of nitrogen functional groups attached to an aromatic ring is 1. The van der Waals surface area contributed by atoms with Gasteiger partial charge in [-0.1, -0.05) is 36.4 Å². The van der Waals surface area contributed by atoms with Gasteiger partial charge in [0.25, 0.3) is 0 Å². The fourth-order valence-corrected chi connectivity index (χ4v) is 4.50. The Morgan fingerprint density at radius 1 is 1.04 bits per heavy atom. The normalized spacial score (nSPS) is 14.0. The molecule has 0 fully saturated rings. The van der Waals surface area contributed by atoms with Crippen molar-refractivity contribution in [3.05, 3.63) is 59.7 Å². The van der Waals surface area contributed by atoms with Crippen LogP contribution in [0.5, 0.6) is 0 Å². The first-order valence-electron chi connectivity index (χ1n) is 7.49. The van der Waals surface area contributed by atoms with Gasteiger partial charge in [0.05, 0.1) is 11.4 Å². The summed E-state index contributed by atoms with van der Waals surface area (Å²) in [6, 6.07) is 15.2. The molecular formula is C17H21ClN2O2S. The highest BCUT2D eigenvalue weighted by Crippen LogP contribution is 2.33. The fraction of sp³-hybridized carbons (Fsp3) is 0.294. The first-order valence-corrected chi connectivity index (χ1v) is 9.10. The van der Waals surface area contributed by atoms with E-state index in [0.29, 0.717) is 18.7 Å². The molecule has 0 saturated heterocycles. The molecule has 124 valence electrons. The molecule has 2 N–H and O–H groups in total. The quantitative estimate of drug-likeness (QED) is 0.860. The van der Waals surface area contributed by atoms with Crippen LogP contribution in [-0.2, 0) is 22.9 Å². The second kappa shape index (κ2) is 7.23. The number of fused-ring (bicyclic) bond motifs is 1. The van der Waals surface area contributed by atoms with E-state index in [1.807, 2.05) is 48.5 Å². The molecule has 0 aromatic heterocycles. The van der Waals surface area contributed by atoms with Crippen molar-refractivity contribution in [1.82, 2.24) is 0 Å². The Kier molecular flexibility index (Phi) is 5.55. The predicted octanol–water partition coefficient (Wildman–Crippen LogP) is 3.02. The van der Waals surface area contributed by atoms with Crippen molar-refractivity contribution < 1.29 is 8.42 Å². The number of hydrogen-bond acceptors (Lipinski definition) is 3. The molecule has 0 amide bonds. The molecule has 3 rings (SSSR count). The Balaban J connectivity index is 0.00000192. The number of sulfonamides is 1. The van der Waals surface area contributed by atoms with Gasteiger partial charge in [0.2, 0.25) is 10.0 Å². The van der Waals surface area contributed by atoms with Crippen LogP contribution in [0.1, 0.15) is 17.5 Å². The van der Waals surface area contributed by atoms with Crippen LogP contribution in [0.25, 0.3) is 0 Å². The van der Waals surface area contributed by atoms with E-state index < -0.39 is 10.0 Å². The third-order valence-corrected chi connectivity index (χ3v) is 5.84. The third-order valence-electron chi connectivity index (χ3n) is 4.07. The van der Waals surface area contributed by atoms with Crippen molar-refractivity contribution in [3.8, 4) is 0 Å². The zero-order valence-corrected chi connectivity index (χ0v) is 14.4. The van der Waals surface area contributed by atoms with E-state index in [4.69, 9.17) is 5.73 Å². The number of rotatable bonds is 4. The van der Waals surface area contributed by atoms with E-state index in [0.717, 1.165) is 29.7 Å². The largest absolute Gasteiger partial charge is 0.398 e. The minimum absolute atomic E-state index is 0. The summed E-state index contributed by atoms with van der Waals surface area (Å²) in [6.07, 6.45) is 2.18. The summed E-state index contributed by atoms with van der Waals surface area (Å²) in [5.74, 6) is 0.116. The minimum atomic E-state index is -3.33. The Morgan fingerprint density at radius 3 is 2.52 bits per heavy atom. The van der Waals surface area contributed by atoms with Gasteiger partial charge in [0, 0.05) is 12.2 Å². The lowest BCUT2D eigenvalue weighted by Gasteiger charge is -2.31. The maximum absolute atomic E-state index is 12.7. The number of halogens is 1. The highest BCUT2D eigenvalue weighted by molar-refractivity contribution is 7.92. The summed E-state index contributed by atoms with van der Waals surface area (Å²) < 4.78 is 27.0. The molecule has 1 aliphatic rings. The topological polar surface area (TPSA) is 63.4 Å². The van der Waals surface area contributed by atoms with Crippen LogP contribution in [0.3, 0.4) is 0 Å². The summed E-state index contributed by atoms with van der Waals surface area (Å²) in [6.45, 7) is 0.535. The Morgan fingerprint density at radius 2 is 1.78 bits per heavy atom. The number of anilines is 2. The first kappa shape index (κ1) is 17.6. The van der Waals surface area contributed by atoms with Crippen LogP contribution in [0.2, 0.25) is 0 Å². The van der Waals surface area contributed by atoms with E-state index in [1.54, 1.807) is 0 Å². The van der Waals surface area contributed by atoms with Crippen LogP contribution >= 0.6 is 12.4 Å². The van der Waals surface area contributed by atoms with Gasteiger partial charge in [-0.25, -0.2) is 8.42 Å². The van der Waals surface area contributed by atoms with Crippen molar-refractivity contribution in [3.63, 3.8) is 0 Å². The zero-order chi connectivity index (χ0) is 15.6. The van der Waals surface area contributed by atoms with Crippen molar-refractivity contribution in [2.75, 3.05) is 22.3 Å². The van der Waals surface area contributed by atoms with E-state index in [9.17, 15) is 8.42 Å². The van der Waals surface area contributed by atoms with E-state index in [-0.39, 0.29) is 18.2 Å². The molecule has 2 aromatic carbocycles. The van der Waals surface area contributed by atoms with Crippen LogP contribution in [-0.4, -0.2) is 20.7 Å². The summed E-state index contributed by atoms with van der Waals surface area (Å²) in [7, 11) is -3.33. The minimum Gasteiger partial charge on any atom is -0.398 e. The van der Waals surface area contributed by atoms with E-state index >= 15 is 0 Å². The predicted molar refractivity (Wildman–Crippen MR) is 97.7 cm³/mol. The van der Waals surface area contributed by atoms with Gasteiger partial charge in [0.1, 0.15) is 0 Å². The van der Waals surface area contributed by atoms with Crippen LogP contribution in [0, 0.1) is 0 Å². The molecular weight excluding hydrogens is 332 g/mol. The van der Waals surface area contributed by atoms with Crippen molar-refractivity contribution in [2.24, 2.45) is 0 Å². The molecule has 0 aliphatic carbocycles. The summed E-state index contributed by atoms with van der Waals surface area (Å²) in [4.78, 5) is 0. The molecule has 1 aliphatic heterocycles. The second-order valence-corrected chi connectivity index (χ2v) is 7.59. The van der Waals surface area contributed by atoms with Crippen LogP contribution < -0.4 is 10.0 Å². The lowest BCUT2D eigenvalue weighted by Crippen LogP contribution is -2.37. The zero-order valence-electron chi connectivity index (χ0n) is 12.8. The second-order valence-electron chi connectivity index (χ2n) is 5.57. The van der Waals surface area contributed by atoms with Gasteiger partial charge in [0.15, 0.2) is 0 Å². The third kappa shape index (κ3) is 3.79. The molecule has 6 heteroatoms. The number of nitrogens with two attached hydrogens (primary N) is 1. The van der Waals surface area contributed by atoms with Crippen molar-refractivity contribution >= 4 is 33.8 Å². The van der Waals surface area contributed by atoms with Crippen LogP contribution in [0.15, 0.2) is 48.5 Å². The van der Waals surface area contributed by atoms with E-state index in [1.165, 1.54) is 4.31 Å². The number of hydrogen-bond donors (Lipinski definition) is 1. The van der Waals surface area contributed by atoms with Crippen LogP contribution in [0.4, 0.5) is 11.4 Å². The number of benzene rings is 2. The van der Waals surface area contributed by atoms with Gasteiger partial charge >= 0.3 is 0 Å². The molecule has 0 unspecified atom stereocenters. The number of aryl methyl sites for hydroxylation is 1. The van der Waals surface area contributed by atoms with Gasteiger partial charge in [-0.3, -0.25) is 4.31 Å². The molecule has 0 spiro atoms. The molecule has 4 nitrogen and oxygen atoms in total. The number of nitrogens with zero attached hydrogens (tertiary/aromatic N) is 1. The van der Waals surface area contributed by atoms with Crippen molar-refractivity contribution in [2.45, 2.75) is 19.3 Å². The van der Waals surface area contributed by atoms with Gasteiger partial charge in [-0.05, 0) is 42.5 Å². The summed E-state index contributed by atoms with van der Waals surface area (Å²) >= 11 is 0. The smallest absolute Gasteiger partial charge is 0.235 e. The molecule has 23 heavy (non-hydrogen) atoms. The molecule has 1 heterocycles. The average Bonchev–Trinajstić information content (AvgIpc) is 2.54. The molecule has 0 saturated carbocycles. The highest BCUT2D eigenvalue weighted by Gasteiger charge is 2.27. The SMILES string of the molecule is Cl.Nc1cccc2c1CCCN2S(=O)(=O)CCc1ccccc1. The monoisotopic (exact) mass is 352 g/mol. The van der Waals surface area contributed by atoms with Gasteiger partial charge in [-0.15, -0.1) is 12.4 Å². The molecule has 2 aromatic rings. The maximum Gasteiger partial charge on any atom is 0.235 e. The molecule has 0 bridgehead atoms. The fourth-order valence-electron chi connectivity index (χ4n) is 2.91. The standard InChI is InChI=1S/C17H20N2O2S.ClH/c18-16-9-4-10-17-15(16)8-5-12-19(17)22(20,21)13-11-14-6-2-1-3-7-14;/h1-4,6-7,9-10H,5,8,11-13,18H2;1H. The molecule has 0 atom stereocenters. The van der Waals surface area contributed by atoms with Gasteiger partial charge < -0.3 is 5.73 Å². The summed E-state index contributed by atoms with van der Waals surface area (Å²) in [5, 5.41) is 0. The average molecular weight is 353 g/mol. The maximum atomic E-state index is 12.7. The Labute approximate surface area is 143 Å². The highest BCUT2D eigenvalue weighted by atomic mass is 35.5. The Hall–Kier alpha value is -1.72. The van der Waals surface area contributed by atoms with Gasteiger partial charge in [-0.2, -0.15) is 0 Å². The lowest BCUT2D eigenvalue weighted by atomic mass is 10.0.